The lowest BCUT2D eigenvalue weighted by Gasteiger charge is -2.28. The summed E-state index contributed by atoms with van der Waals surface area (Å²) >= 11 is 0. The highest BCUT2D eigenvalue weighted by Gasteiger charge is 2.18. The zero-order valence-corrected chi connectivity index (χ0v) is 17.8. The molecule has 33 heavy (non-hydrogen) atoms. The number of carbonyl (C=O) groups is 3. The van der Waals surface area contributed by atoms with Crippen LogP contribution >= 0.6 is 0 Å². The summed E-state index contributed by atoms with van der Waals surface area (Å²) < 4.78 is 5.77. The standard InChI is InChI=1S/C23H22N2O2.C2H2O4/c26-23(17-25-15-14-18-6-4-5-7-19(18)16-25)24-20-10-12-22(13-11-20)27-21-8-2-1-3-9-21;3-1(4)2(5)6/h1-13H,14-17H2,(H,24,26);(H,3,4)(H,5,6). The van der Waals surface area contributed by atoms with Crippen molar-refractivity contribution in [2.45, 2.75) is 13.0 Å². The first-order valence-electron chi connectivity index (χ1n) is 10.3. The molecule has 3 aromatic rings. The molecule has 1 heterocycles. The maximum Gasteiger partial charge on any atom is 0.414 e. The van der Waals surface area contributed by atoms with Gasteiger partial charge in [-0.25, -0.2) is 9.59 Å². The quantitative estimate of drug-likeness (QED) is 0.511. The van der Waals surface area contributed by atoms with Crippen molar-refractivity contribution in [3.05, 3.63) is 90.0 Å². The minimum absolute atomic E-state index is 0.00566. The third kappa shape index (κ3) is 7.48. The average Bonchev–Trinajstić information content (AvgIpc) is 2.81. The van der Waals surface area contributed by atoms with Crippen molar-refractivity contribution >= 4 is 23.5 Å². The van der Waals surface area contributed by atoms with E-state index in [9.17, 15) is 4.79 Å². The summed E-state index contributed by atoms with van der Waals surface area (Å²) in [5, 5.41) is 17.8. The van der Waals surface area contributed by atoms with E-state index in [2.05, 4.69) is 34.5 Å². The van der Waals surface area contributed by atoms with Gasteiger partial charge in [-0.15, -0.1) is 0 Å². The summed E-state index contributed by atoms with van der Waals surface area (Å²) in [6.45, 7) is 2.14. The number of amides is 1. The summed E-state index contributed by atoms with van der Waals surface area (Å²) in [5.74, 6) is -2.11. The van der Waals surface area contributed by atoms with Gasteiger partial charge in [0.25, 0.3) is 0 Å². The van der Waals surface area contributed by atoms with Gasteiger partial charge in [0.2, 0.25) is 5.91 Å². The van der Waals surface area contributed by atoms with E-state index in [1.165, 1.54) is 11.1 Å². The fraction of sp³-hybridized carbons (Fsp3) is 0.160. The molecule has 0 unspecified atom stereocenters. The Hall–Kier alpha value is -4.17. The summed E-state index contributed by atoms with van der Waals surface area (Å²) in [5.41, 5.74) is 3.49. The number of aliphatic carboxylic acids is 2. The van der Waals surface area contributed by atoms with E-state index in [1.807, 2.05) is 54.6 Å². The third-order valence-electron chi connectivity index (χ3n) is 4.88. The van der Waals surface area contributed by atoms with Gasteiger partial charge >= 0.3 is 11.9 Å². The molecule has 4 rings (SSSR count). The summed E-state index contributed by atoms with van der Waals surface area (Å²) in [6.07, 6.45) is 0.995. The number of carbonyl (C=O) groups excluding carboxylic acids is 1. The van der Waals surface area contributed by atoms with Gasteiger partial charge in [-0.1, -0.05) is 42.5 Å². The molecule has 0 saturated carbocycles. The van der Waals surface area contributed by atoms with E-state index in [-0.39, 0.29) is 5.91 Å². The number of para-hydroxylation sites is 1. The van der Waals surface area contributed by atoms with Crippen molar-refractivity contribution < 1.29 is 29.3 Å². The Morgan fingerprint density at radius 3 is 2.00 bits per heavy atom. The number of fused-ring (bicyclic) bond motifs is 1. The molecular weight excluding hydrogens is 424 g/mol. The van der Waals surface area contributed by atoms with E-state index in [0.29, 0.717) is 6.54 Å². The normalized spacial score (nSPS) is 12.5. The Bertz CT molecular complexity index is 1090. The van der Waals surface area contributed by atoms with Crippen LogP contribution < -0.4 is 10.1 Å². The molecule has 8 heteroatoms. The number of anilines is 1. The second-order valence-electron chi connectivity index (χ2n) is 7.33. The predicted molar refractivity (Wildman–Crippen MR) is 122 cm³/mol. The first kappa shape index (κ1) is 23.5. The van der Waals surface area contributed by atoms with Crippen molar-refractivity contribution in [3.63, 3.8) is 0 Å². The van der Waals surface area contributed by atoms with Crippen molar-refractivity contribution in [3.8, 4) is 11.5 Å². The van der Waals surface area contributed by atoms with E-state index >= 15 is 0 Å². The Morgan fingerprint density at radius 1 is 0.788 bits per heavy atom. The van der Waals surface area contributed by atoms with Crippen LogP contribution in [0.1, 0.15) is 11.1 Å². The van der Waals surface area contributed by atoms with E-state index in [0.717, 1.165) is 36.7 Å². The van der Waals surface area contributed by atoms with Crippen LogP contribution in [0, 0.1) is 0 Å². The van der Waals surface area contributed by atoms with Gasteiger partial charge in [0.15, 0.2) is 0 Å². The van der Waals surface area contributed by atoms with Gasteiger partial charge in [-0.3, -0.25) is 9.69 Å². The first-order chi connectivity index (χ1) is 15.9. The SMILES string of the molecule is O=C(CN1CCc2ccccc2C1)Nc1ccc(Oc2ccccc2)cc1.O=C(O)C(=O)O. The second-order valence-corrected chi connectivity index (χ2v) is 7.33. The molecule has 1 amide bonds. The molecule has 3 aromatic carbocycles. The minimum Gasteiger partial charge on any atom is -0.473 e. The van der Waals surface area contributed by atoms with Crippen LogP contribution in [0.15, 0.2) is 78.9 Å². The van der Waals surface area contributed by atoms with Gasteiger partial charge in [0.1, 0.15) is 11.5 Å². The molecule has 1 aliphatic rings. The summed E-state index contributed by atoms with van der Waals surface area (Å²) in [4.78, 5) is 32.8. The monoisotopic (exact) mass is 448 g/mol. The number of benzene rings is 3. The van der Waals surface area contributed by atoms with E-state index in [1.54, 1.807) is 0 Å². The van der Waals surface area contributed by atoms with Crippen LogP contribution in [0.4, 0.5) is 5.69 Å². The zero-order chi connectivity index (χ0) is 23.6. The first-order valence-corrected chi connectivity index (χ1v) is 10.3. The number of carboxylic acid groups (broad SMARTS) is 2. The lowest BCUT2D eigenvalue weighted by atomic mass is 10.00. The Balaban J connectivity index is 0.000000454. The molecule has 0 aliphatic carbocycles. The summed E-state index contributed by atoms with van der Waals surface area (Å²) in [7, 11) is 0. The van der Waals surface area contributed by atoms with E-state index < -0.39 is 11.9 Å². The zero-order valence-electron chi connectivity index (χ0n) is 17.8. The van der Waals surface area contributed by atoms with Crippen LogP contribution in [0.3, 0.4) is 0 Å². The van der Waals surface area contributed by atoms with Crippen LogP contribution in [0.2, 0.25) is 0 Å². The summed E-state index contributed by atoms with van der Waals surface area (Å²) in [6, 6.07) is 25.5. The third-order valence-corrected chi connectivity index (χ3v) is 4.88. The molecule has 3 N–H and O–H groups in total. The molecule has 0 atom stereocenters. The molecule has 0 fully saturated rings. The fourth-order valence-electron chi connectivity index (χ4n) is 3.32. The average molecular weight is 448 g/mol. The second kappa shape index (κ2) is 11.4. The Morgan fingerprint density at radius 2 is 1.36 bits per heavy atom. The number of hydrogen-bond acceptors (Lipinski definition) is 5. The topological polar surface area (TPSA) is 116 Å². The molecule has 0 aromatic heterocycles. The van der Waals surface area contributed by atoms with Crippen LogP contribution in [0.25, 0.3) is 0 Å². The largest absolute Gasteiger partial charge is 0.473 e. The number of carboxylic acids is 2. The van der Waals surface area contributed by atoms with Crippen LogP contribution in [0.5, 0.6) is 11.5 Å². The van der Waals surface area contributed by atoms with Crippen LogP contribution in [-0.2, 0) is 27.3 Å². The molecule has 0 bridgehead atoms. The molecule has 1 aliphatic heterocycles. The molecule has 0 spiro atoms. The van der Waals surface area contributed by atoms with Gasteiger partial charge < -0.3 is 20.3 Å². The number of hydrogen-bond donors (Lipinski definition) is 3. The highest BCUT2D eigenvalue weighted by molar-refractivity contribution is 6.27. The van der Waals surface area contributed by atoms with Gasteiger partial charge in [-0.05, 0) is 53.9 Å². The van der Waals surface area contributed by atoms with Crippen molar-refractivity contribution in [2.24, 2.45) is 0 Å². The van der Waals surface area contributed by atoms with Crippen molar-refractivity contribution in [1.29, 1.82) is 0 Å². The van der Waals surface area contributed by atoms with Crippen molar-refractivity contribution in [2.75, 3.05) is 18.4 Å². The number of nitrogens with zero attached hydrogens (tertiary/aromatic N) is 1. The van der Waals surface area contributed by atoms with Gasteiger partial charge in [-0.2, -0.15) is 0 Å². The minimum atomic E-state index is -1.82. The Kier molecular flexibility index (Phi) is 8.15. The fourth-order valence-corrected chi connectivity index (χ4v) is 3.32. The van der Waals surface area contributed by atoms with Crippen LogP contribution in [-0.4, -0.2) is 46.0 Å². The number of ether oxygens (including phenoxy) is 1. The van der Waals surface area contributed by atoms with Gasteiger partial charge in [0, 0.05) is 18.8 Å². The molecule has 0 saturated heterocycles. The van der Waals surface area contributed by atoms with E-state index in [4.69, 9.17) is 24.5 Å². The maximum absolute atomic E-state index is 12.4. The molecule has 170 valence electrons. The highest BCUT2D eigenvalue weighted by atomic mass is 16.5. The van der Waals surface area contributed by atoms with Crippen molar-refractivity contribution in [1.82, 2.24) is 4.90 Å². The number of rotatable bonds is 5. The highest BCUT2D eigenvalue weighted by Crippen LogP contribution is 2.23. The lowest BCUT2D eigenvalue weighted by Crippen LogP contribution is -2.37. The molecular formula is C25H24N2O6. The van der Waals surface area contributed by atoms with Gasteiger partial charge in [0.05, 0.1) is 6.54 Å². The molecule has 0 radical (unpaired) electrons. The maximum atomic E-state index is 12.4. The molecule has 8 nitrogen and oxygen atoms in total. The predicted octanol–water partition coefficient (Wildman–Crippen LogP) is 3.63. The smallest absolute Gasteiger partial charge is 0.414 e. The number of nitrogens with one attached hydrogen (secondary N) is 1. The Labute approximate surface area is 191 Å². The lowest BCUT2D eigenvalue weighted by molar-refractivity contribution is -0.159.